The molecule has 2 heteroatoms. The molecule has 3 rings (SSSR count). The molecule has 17 heavy (non-hydrogen) atoms. The maximum Gasteiger partial charge on any atom is 0.123 e. The molecule has 0 amide bonds. The van der Waals surface area contributed by atoms with Crippen molar-refractivity contribution in [2.24, 2.45) is 0 Å². The smallest absolute Gasteiger partial charge is 0.123 e. The first-order chi connectivity index (χ1) is 8.24. The van der Waals surface area contributed by atoms with Gasteiger partial charge in [0.15, 0.2) is 0 Å². The maximum atomic E-state index is 12.8. The summed E-state index contributed by atoms with van der Waals surface area (Å²) in [5, 5.41) is 9.73. The summed E-state index contributed by atoms with van der Waals surface area (Å²) < 4.78 is 12.8. The number of aliphatic hydroxyl groups is 1. The van der Waals surface area contributed by atoms with Crippen LogP contribution < -0.4 is 0 Å². The fraction of sp³-hybridized carbons (Fsp3) is 0.200. The van der Waals surface area contributed by atoms with Crippen molar-refractivity contribution in [1.29, 1.82) is 0 Å². The molecule has 0 bridgehead atoms. The third kappa shape index (κ3) is 1.85. The first kappa shape index (κ1) is 10.5. The molecule has 1 aliphatic rings. The van der Waals surface area contributed by atoms with E-state index < -0.39 is 0 Å². The standard InChI is InChI=1S/C15H13FO/c16-13-5-1-10(2-6-13)11-3-7-14-12(9-11)4-8-15(14)17/h1-3,5-7,9,15,17H,4,8H2. The van der Waals surface area contributed by atoms with E-state index in [9.17, 15) is 9.50 Å². The zero-order chi connectivity index (χ0) is 11.8. The van der Waals surface area contributed by atoms with E-state index in [1.807, 2.05) is 12.1 Å². The SMILES string of the molecule is OC1CCc2cc(-c3ccc(F)cc3)ccc21. The van der Waals surface area contributed by atoms with Gasteiger partial charge in [-0.25, -0.2) is 4.39 Å². The highest BCUT2D eigenvalue weighted by molar-refractivity contribution is 5.65. The Morgan fingerprint density at radius 3 is 2.47 bits per heavy atom. The summed E-state index contributed by atoms with van der Waals surface area (Å²) in [7, 11) is 0. The molecule has 0 fully saturated rings. The lowest BCUT2D eigenvalue weighted by molar-refractivity contribution is 0.180. The Hall–Kier alpha value is -1.67. The van der Waals surface area contributed by atoms with Crippen molar-refractivity contribution in [3.8, 4) is 11.1 Å². The molecule has 0 radical (unpaired) electrons. The van der Waals surface area contributed by atoms with Crippen molar-refractivity contribution in [2.45, 2.75) is 18.9 Å². The maximum absolute atomic E-state index is 12.8. The number of aliphatic hydroxyl groups excluding tert-OH is 1. The van der Waals surface area contributed by atoms with Gasteiger partial charge in [-0.3, -0.25) is 0 Å². The fourth-order valence-electron chi connectivity index (χ4n) is 2.42. The first-order valence-corrected chi connectivity index (χ1v) is 5.81. The molecule has 86 valence electrons. The molecule has 1 N–H and O–H groups in total. The minimum absolute atomic E-state index is 0.217. The quantitative estimate of drug-likeness (QED) is 0.792. The van der Waals surface area contributed by atoms with Crippen LogP contribution in [0.3, 0.4) is 0 Å². The average molecular weight is 228 g/mol. The van der Waals surface area contributed by atoms with Crippen LogP contribution >= 0.6 is 0 Å². The molecule has 0 aromatic heterocycles. The first-order valence-electron chi connectivity index (χ1n) is 5.81. The number of rotatable bonds is 1. The van der Waals surface area contributed by atoms with Crippen LogP contribution in [0.2, 0.25) is 0 Å². The Morgan fingerprint density at radius 1 is 1.00 bits per heavy atom. The molecule has 0 heterocycles. The van der Waals surface area contributed by atoms with E-state index in [-0.39, 0.29) is 11.9 Å². The molecule has 0 spiro atoms. The number of benzene rings is 2. The second-order valence-electron chi connectivity index (χ2n) is 4.47. The Morgan fingerprint density at radius 2 is 1.71 bits per heavy atom. The van der Waals surface area contributed by atoms with E-state index in [1.165, 1.54) is 17.7 Å². The van der Waals surface area contributed by atoms with E-state index in [2.05, 4.69) is 6.07 Å². The molecule has 0 saturated heterocycles. The summed E-state index contributed by atoms with van der Waals surface area (Å²) >= 11 is 0. The summed E-state index contributed by atoms with van der Waals surface area (Å²) in [6.45, 7) is 0. The minimum atomic E-state index is -0.313. The van der Waals surface area contributed by atoms with Crippen LogP contribution in [0.1, 0.15) is 23.7 Å². The van der Waals surface area contributed by atoms with Gasteiger partial charge in [-0.05, 0) is 47.2 Å². The lowest BCUT2D eigenvalue weighted by Crippen LogP contribution is -1.90. The van der Waals surface area contributed by atoms with Crippen LogP contribution in [-0.4, -0.2) is 5.11 Å². The van der Waals surface area contributed by atoms with Crippen LogP contribution in [0.5, 0.6) is 0 Å². The van der Waals surface area contributed by atoms with E-state index >= 15 is 0 Å². The summed E-state index contributed by atoms with van der Waals surface area (Å²) in [5.74, 6) is -0.217. The van der Waals surface area contributed by atoms with Gasteiger partial charge < -0.3 is 5.11 Å². The topological polar surface area (TPSA) is 20.2 Å². The van der Waals surface area contributed by atoms with Gasteiger partial charge in [0, 0.05) is 0 Å². The van der Waals surface area contributed by atoms with E-state index in [4.69, 9.17) is 0 Å². The van der Waals surface area contributed by atoms with Crippen molar-refractivity contribution in [1.82, 2.24) is 0 Å². The Bertz CT molecular complexity index is 545. The highest BCUT2D eigenvalue weighted by atomic mass is 19.1. The Kier molecular flexibility index (Phi) is 2.45. The van der Waals surface area contributed by atoms with Crippen LogP contribution in [0, 0.1) is 5.82 Å². The van der Waals surface area contributed by atoms with Gasteiger partial charge in [-0.1, -0.05) is 30.3 Å². The molecular weight excluding hydrogens is 215 g/mol. The van der Waals surface area contributed by atoms with Gasteiger partial charge in [0.2, 0.25) is 0 Å². The van der Waals surface area contributed by atoms with Crippen LogP contribution in [0.15, 0.2) is 42.5 Å². The molecule has 1 atom stereocenters. The van der Waals surface area contributed by atoms with Crippen LogP contribution in [0.25, 0.3) is 11.1 Å². The second-order valence-corrected chi connectivity index (χ2v) is 4.47. The van der Waals surface area contributed by atoms with E-state index in [1.54, 1.807) is 12.1 Å². The zero-order valence-corrected chi connectivity index (χ0v) is 9.36. The fourth-order valence-corrected chi connectivity index (χ4v) is 2.42. The van der Waals surface area contributed by atoms with Crippen molar-refractivity contribution in [3.63, 3.8) is 0 Å². The van der Waals surface area contributed by atoms with E-state index in [0.717, 1.165) is 29.5 Å². The monoisotopic (exact) mass is 228 g/mol. The summed E-state index contributed by atoms with van der Waals surface area (Å²) in [5.41, 5.74) is 4.34. The lowest BCUT2D eigenvalue weighted by atomic mass is 10.0. The summed E-state index contributed by atoms with van der Waals surface area (Å²) in [4.78, 5) is 0. The molecular formula is C15H13FO. The van der Waals surface area contributed by atoms with Gasteiger partial charge in [-0.15, -0.1) is 0 Å². The highest BCUT2D eigenvalue weighted by Gasteiger charge is 2.20. The van der Waals surface area contributed by atoms with Crippen LogP contribution in [0.4, 0.5) is 4.39 Å². The molecule has 0 aliphatic heterocycles. The molecule has 1 unspecified atom stereocenters. The third-order valence-corrected chi connectivity index (χ3v) is 3.37. The second kappa shape index (κ2) is 3.97. The van der Waals surface area contributed by atoms with Crippen molar-refractivity contribution < 1.29 is 9.50 Å². The van der Waals surface area contributed by atoms with Gasteiger partial charge in [0.05, 0.1) is 6.10 Å². The molecule has 0 saturated carbocycles. The summed E-state index contributed by atoms with van der Waals surface area (Å²) in [6, 6.07) is 12.6. The number of fused-ring (bicyclic) bond motifs is 1. The normalized spacial score (nSPS) is 18.1. The average Bonchev–Trinajstić information content (AvgIpc) is 2.72. The third-order valence-electron chi connectivity index (χ3n) is 3.37. The van der Waals surface area contributed by atoms with Gasteiger partial charge in [0.25, 0.3) is 0 Å². The Balaban J connectivity index is 2.02. The Labute approximate surface area is 99.5 Å². The molecule has 2 aromatic carbocycles. The van der Waals surface area contributed by atoms with Crippen molar-refractivity contribution >= 4 is 0 Å². The van der Waals surface area contributed by atoms with Gasteiger partial charge in [-0.2, -0.15) is 0 Å². The molecule has 1 aliphatic carbocycles. The zero-order valence-electron chi connectivity index (χ0n) is 9.36. The number of hydrogen-bond donors (Lipinski definition) is 1. The van der Waals surface area contributed by atoms with Crippen molar-refractivity contribution in [2.75, 3.05) is 0 Å². The minimum Gasteiger partial charge on any atom is -0.388 e. The van der Waals surface area contributed by atoms with Crippen molar-refractivity contribution in [3.05, 3.63) is 59.4 Å². The highest BCUT2D eigenvalue weighted by Crippen LogP contribution is 2.33. The summed E-state index contributed by atoms with van der Waals surface area (Å²) in [6.07, 6.45) is 1.42. The van der Waals surface area contributed by atoms with Crippen LogP contribution in [-0.2, 0) is 6.42 Å². The molecule has 2 aromatic rings. The predicted octanol–water partition coefficient (Wildman–Crippen LogP) is 3.47. The predicted molar refractivity (Wildman–Crippen MR) is 65.1 cm³/mol. The number of aryl methyl sites for hydroxylation is 1. The lowest BCUT2D eigenvalue weighted by Gasteiger charge is -2.07. The van der Waals surface area contributed by atoms with Gasteiger partial charge in [0.1, 0.15) is 5.82 Å². The largest absolute Gasteiger partial charge is 0.388 e. The van der Waals surface area contributed by atoms with E-state index in [0.29, 0.717) is 0 Å². The number of halogens is 1. The van der Waals surface area contributed by atoms with Gasteiger partial charge >= 0.3 is 0 Å². The molecule has 1 nitrogen and oxygen atoms in total. The number of hydrogen-bond acceptors (Lipinski definition) is 1.